The van der Waals surface area contributed by atoms with E-state index in [1.807, 2.05) is 48.7 Å². The average Bonchev–Trinajstić information content (AvgIpc) is 3.12. The Labute approximate surface area is 156 Å². The Morgan fingerprint density at radius 2 is 1.85 bits per heavy atom. The summed E-state index contributed by atoms with van der Waals surface area (Å²) in [6.07, 6.45) is 5.91. The Hall–Kier alpha value is -3.38. The number of carbonyl (C=O) groups is 2. The smallest absolute Gasteiger partial charge is 0.267 e. The number of aryl methyl sites for hydroxylation is 1. The Kier molecular flexibility index (Phi) is 6.02. The van der Waals surface area contributed by atoms with Crippen LogP contribution in [-0.4, -0.2) is 22.0 Å². The lowest BCUT2D eigenvalue weighted by Gasteiger charge is -2.06. The van der Waals surface area contributed by atoms with Crippen LogP contribution in [0.25, 0.3) is 17.0 Å². The number of carbonyl (C=O) groups excluding carboxylic acids is 2. The van der Waals surface area contributed by atoms with E-state index in [2.05, 4.69) is 16.4 Å². The first-order valence-electron chi connectivity index (χ1n) is 8.68. The molecular formula is C21H21N3O3. The van der Waals surface area contributed by atoms with Crippen molar-refractivity contribution in [3.05, 3.63) is 77.5 Å². The molecule has 0 bridgehead atoms. The second-order valence-corrected chi connectivity index (χ2v) is 6.19. The minimum Gasteiger partial charge on any atom is -0.361 e. The number of aromatic amines is 1. The molecule has 0 saturated heterocycles. The zero-order valence-electron chi connectivity index (χ0n) is 14.7. The third kappa shape index (κ3) is 5.05. The number of hydroxylamine groups is 1. The first-order chi connectivity index (χ1) is 13.2. The fourth-order valence-electron chi connectivity index (χ4n) is 2.83. The number of H-pyrrole nitrogens is 1. The van der Waals surface area contributed by atoms with Crippen molar-refractivity contribution in [3.63, 3.8) is 0 Å². The average molecular weight is 363 g/mol. The highest BCUT2D eigenvalue weighted by atomic mass is 16.5. The van der Waals surface area contributed by atoms with E-state index in [9.17, 15) is 9.59 Å². The van der Waals surface area contributed by atoms with Crippen molar-refractivity contribution in [2.75, 3.05) is 0 Å². The van der Waals surface area contributed by atoms with Gasteiger partial charge < -0.3 is 10.3 Å². The molecule has 0 aliphatic heterocycles. The first kappa shape index (κ1) is 18.4. The van der Waals surface area contributed by atoms with Gasteiger partial charge in [-0.15, -0.1) is 0 Å². The van der Waals surface area contributed by atoms with Crippen molar-refractivity contribution in [1.82, 2.24) is 15.8 Å². The third-order valence-electron chi connectivity index (χ3n) is 4.30. The van der Waals surface area contributed by atoms with Crippen LogP contribution >= 0.6 is 0 Å². The van der Waals surface area contributed by atoms with E-state index in [0.29, 0.717) is 19.4 Å². The Balaban J connectivity index is 1.47. The molecule has 1 heterocycles. The van der Waals surface area contributed by atoms with E-state index in [1.165, 1.54) is 11.6 Å². The highest BCUT2D eigenvalue weighted by Gasteiger charge is 2.06. The Morgan fingerprint density at radius 1 is 1.07 bits per heavy atom. The van der Waals surface area contributed by atoms with E-state index in [0.717, 1.165) is 27.6 Å². The van der Waals surface area contributed by atoms with Crippen LogP contribution in [0, 0.1) is 0 Å². The monoisotopic (exact) mass is 363 g/mol. The molecule has 0 unspecified atom stereocenters. The Bertz CT molecular complexity index is 958. The normalized spacial score (nSPS) is 11.0. The van der Waals surface area contributed by atoms with Crippen LogP contribution in [0.3, 0.4) is 0 Å². The predicted octanol–water partition coefficient (Wildman–Crippen LogP) is 2.94. The van der Waals surface area contributed by atoms with Gasteiger partial charge in [-0.25, -0.2) is 5.48 Å². The van der Waals surface area contributed by atoms with E-state index in [4.69, 9.17) is 5.21 Å². The quantitative estimate of drug-likeness (QED) is 0.295. The van der Waals surface area contributed by atoms with Crippen molar-refractivity contribution in [2.45, 2.75) is 19.4 Å². The highest BCUT2D eigenvalue weighted by Crippen LogP contribution is 2.18. The van der Waals surface area contributed by atoms with Crippen molar-refractivity contribution in [3.8, 4) is 0 Å². The first-order valence-corrected chi connectivity index (χ1v) is 8.68. The molecule has 2 amide bonds. The van der Waals surface area contributed by atoms with Gasteiger partial charge in [0.25, 0.3) is 5.91 Å². The molecule has 3 aromatic rings. The molecule has 27 heavy (non-hydrogen) atoms. The summed E-state index contributed by atoms with van der Waals surface area (Å²) in [6, 6.07) is 15.5. The van der Waals surface area contributed by atoms with Crippen LogP contribution in [0.5, 0.6) is 0 Å². The van der Waals surface area contributed by atoms with Gasteiger partial charge in [-0.3, -0.25) is 14.8 Å². The molecule has 0 radical (unpaired) electrons. The maximum absolute atomic E-state index is 12.1. The minimum absolute atomic E-state index is 0.00358. The second kappa shape index (κ2) is 8.82. The van der Waals surface area contributed by atoms with Gasteiger partial charge in [0, 0.05) is 36.1 Å². The second-order valence-electron chi connectivity index (χ2n) is 6.19. The summed E-state index contributed by atoms with van der Waals surface area (Å²) in [5.41, 5.74) is 5.56. The third-order valence-corrected chi connectivity index (χ3v) is 4.30. The SMILES string of the molecule is O=C(/C=C/c1ccc(CNC(=O)CCc2c[nH]c3ccccc23)cc1)NO. The standard InChI is InChI=1S/C21H21N3O3/c25-20(12-10-17-14-22-19-4-2-1-3-18(17)19)23-13-16-7-5-15(6-8-16)9-11-21(26)24-27/h1-9,11,14,22,27H,10,12-13H2,(H,23,25)(H,24,26)/b11-9+. The lowest BCUT2D eigenvalue weighted by molar-refractivity contribution is -0.124. The largest absolute Gasteiger partial charge is 0.361 e. The van der Waals surface area contributed by atoms with Crippen LogP contribution < -0.4 is 10.8 Å². The number of nitrogens with one attached hydrogen (secondary N) is 3. The van der Waals surface area contributed by atoms with Crippen molar-refractivity contribution in [1.29, 1.82) is 0 Å². The number of aromatic nitrogens is 1. The van der Waals surface area contributed by atoms with E-state index in [-0.39, 0.29) is 5.91 Å². The van der Waals surface area contributed by atoms with Crippen molar-refractivity contribution < 1.29 is 14.8 Å². The molecule has 0 aliphatic carbocycles. The van der Waals surface area contributed by atoms with Gasteiger partial charge in [-0.1, -0.05) is 42.5 Å². The summed E-state index contributed by atoms with van der Waals surface area (Å²) in [6.45, 7) is 0.452. The maximum atomic E-state index is 12.1. The number of fused-ring (bicyclic) bond motifs is 1. The van der Waals surface area contributed by atoms with Gasteiger partial charge in [0.2, 0.25) is 5.91 Å². The van der Waals surface area contributed by atoms with Gasteiger partial charge in [0.1, 0.15) is 0 Å². The van der Waals surface area contributed by atoms with Gasteiger partial charge in [-0.2, -0.15) is 0 Å². The molecule has 0 aliphatic rings. The summed E-state index contributed by atoms with van der Waals surface area (Å²) in [5, 5.41) is 12.5. The van der Waals surface area contributed by atoms with Gasteiger partial charge in [-0.05, 0) is 35.3 Å². The van der Waals surface area contributed by atoms with Crippen LogP contribution in [-0.2, 0) is 22.6 Å². The molecule has 4 N–H and O–H groups in total. The van der Waals surface area contributed by atoms with Gasteiger partial charge in [0.05, 0.1) is 0 Å². The van der Waals surface area contributed by atoms with Crippen LogP contribution in [0.15, 0.2) is 60.8 Å². The fourth-order valence-corrected chi connectivity index (χ4v) is 2.83. The summed E-state index contributed by atoms with van der Waals surface area (Å²) in [7, 11) is 0. The molecule has 0 atom stereocenters. The molecule has 0 spiro atoms. The number of hydrogen-bond acceptors (Lipinski definition) is 3. The van der Waals surface area contributed by atoms with E-state index in [1.54, 1.807) is 6.08 Å². The molecule has 6 heteroatoms. The molecule has 0 fully saturated rings. The number of para-hydroxylation sites is 1. The molecular weight excluding hydrogens is 342 g/mol. The molecule has 1 aromatic heterocycles. The summed E-state index contributed by atoms with van der Waals surface area (Å²) < 4.78 is 0. The molecule has 0 saturated carbocycles. The van der Waals surface area contributed by atoms with E-state index >= 15 is 0 Å². The number of rotatable bonds is 7. The minimum atomic E-state index is -0.582. The van der Waals surface area contributed by atoms with Gasteiger partial charge >= 0.3 is 0 Å². The molecule has 3 rings (SSSR count). The summed E-state index contributed by atoms with van der Waals surface area (Å²) in [5.74, 6) is -0.578. The number of amides is 2. The topological polar surface area (TPSA) is 94.2 Å². The molecule has 6 nitrogen and oxygen atoms in total. The molecule has 2 aromatic carbocycles. The summed E-state index contributed by atoms with van der Waals surface area (Å²) in [4.78, 5) is 26.3. The zero-order chi connectivity index (χ0) is 19.1. The fraction of sp³-hybridized carbons (Fsp3) is 0.143. The summed E-state index contributed by atoms with van der Waals surface area (Å²) >= 11 is 0. The van der Waals surface area contributed by atoms with Crippen LogP contribution in [0.4, 0.5) is 0 Å². The Morgan fingerprint density at radius 3 is 2.63 bits per heavy atom. The predicted molar refractivity (Wildman–Crippen MR) is 104 cm³/mol. The number of benzene rings is 2. The van der Waals surface area contributed by atoms with Crippen LogP contribution in [0.2, 0.25) is 0 Å². The van der Waals surface area contributed by atoms with E-state index < -0.39 is 5.91 Å². The van der Waals surface area contributed by atoms with Crippen molar-refractivity contribution >= 4 is 28.8 Å². The maximum Gasteiger partial charge on any atom is 0.267 e. The van der Waals surface area contributed by atoms with Gasteiger partial charge in [0.15, 0.2) is 0 Å². The molecule has 138 valence electrons. The lowest BCUT2D eigenvalue weighted by atomic mass is 10.1. The van der Waals surface area contributed by atoms with Crippen LogP contribution in [0.1, 0.15) is 23.1 Å². The number of hydrogen-bond donors (Lipinski definition) is 4. The van der Waals surface area contributed by atoms with Crippen molar-refractivity contribution in [2.24, 2.45) is 0 Å². The lowest BCUT2D eigenvalue weighted by Crippen LogP contribution is -2.22. The zero-order valence-corrected chi connectivity index (χ0v) is 14.7. The highest BCUT2D eigenvalue weighted by molar-refractivity contribution is 5.90.